The van der Waals surface area contributed by atoms with Gasteiger partial charge in [0.1, 0.15) is 0 Å². The Morgan fingerprint density at radius 3 is 2.00 bits per heavy atom. The maximum Gasteiger partial charge on any atom is 0.0546 e. The Bertz CT molecular complexity index is 253. The molecule has 0 aliphatic carbocycles. The van der Waals surface area contributed by atoms with Crippen molar-refractivity contribution in [1.29, 1.82) is 0 Å². The van der Waals surface area contributed by atoms with Crippen molar-refractivity contribution in [3.63, 3.8) is 0 Å². The minimum absolute atomic E-state index is 0.109. The summed E-state index contributed by atoms with van der Waals surface area (Å²) in [5, 5.41) is 4.30. The van der Waals surface area contributed by atoms with Gasteiger partial charge in [0.05, 0.1) is 11.7 Å². The fraction of sp³-hybridized carbons (Fsp3) is 0.667. The van der Waals surface area contributed by atoms with Crippen molar-refractivity contribution in [2.24, 2.45) is 0 Å². The summed E-state index contributed by atoms with van der Waals surface area (Å²) in [6, 6.07) is 0. The summed E-state index contributed by atoms with van der Waals surface area (Å²) in [6.07, 6.45) is 1.92. The van der Waals surface area contributed by atoms with E-state index in [4.69, 9.17) is 0 Å². The molecule has 0 fully saturated rings. The van der Waals surface area contributed by atoms with Gasteiger partial charge in [-0.1, -0.05) is 0 Å². The topological polar surface area (TPSA) is 17.8 Å². The van der Waals surface area contributed by atoms with E-state index in [-0.39, 0.29) is 5.54 Å². The van der Waals surface area contributed by atoms with Gasteiger partial charge in [0.2, 0.25) is 0 Å². The molecule has 0 aliphatic heterocycles. The van der Waals surface area contributed by atoms with Crippen LogP contribution in [-0.2, 0) is 5.54 Å². The van der Waals surface area contributed by atoms with Crippen LogP contribution in [0, 0.1) is 13.8 Å². The van der Waals surface area contributed by atoms with Crippen molar-refractivity contribution in [3.8, 4) is 0 Å². The van der Waals surface area contributed by atoms with Crippen LogP contribution >= 0.6 is 0 Å². The van der Waals surface area contributed by atoms with Crippen molar-refractivity contribution < 1.29 is 0 Å². The van der Waals surface area contributed by atoms with Crippen LogP contribution in [0.4, 0.5) is 0 Å². The molecule has 62 valence electrons. The number of rotatable bonds is 0. The van der Waals surface area contributed by atoms with Crippen LogP contribution in [0.15, 0.2) is 6.20 Å². The van der Waals surface area contributed by atoms with Crippen molar-refractivity contribution in [2.75, 3.05) is 0 Å². The lowest BCUT2D eigenvalue weighted by Crippen LogP contribution is -2.24. The molecule has 1 aromatic rings. The van der Waals surface area contributed by atoms with E-state index in [1.54, 1.807) is 0 Å². The minimum atomic E-state index is 0.109. The number of aryl methyl sites for hydroxylation is 1. The first-order valence-electron chi connectivity index (χ1n) is 3.94. The van der Waals surface area contributed by atoms with Gasteiger partial charge in [-0.2, -0.15) is 5.10 Å². The van der Waals surface area contributed by atoms with Crippen LogP contribution in [-0.4, -0.2) is 9.78 Å². The quantitative estimate of drug-likeness (QED) is 0.557. The number of nitrogens with zero attached hydrogens (tertiary/aromatic N) is 2. The van der Waals surface area contributed by atoms with E-state index < -0.39 is 0 Å². The fourth-order valence-corrected chi connectivity index (χ4v) is 1.17. The molecule has 0 aliphatic rings. The molecule has 2 heteroatoms. The molecule has 0 saturated carbocycles. The first-order valence-corrected chi connectivity index (χ1v) is 3.94. The molecule has 0 spiro atoms. The van der Waals surface area contributed by atoms with E-state index in [0.29, 0.717) is 0 Å². The highest BCUT2D eigenvalue weighted by molar-refractivity contribution is 5.14. The summed E-state index contributed by atoms with van der Waals surface area (Å²) in [7, 11) is 0. The number of hydrogen-bond donors (Lipinski definition) is 0. The molecule has 1 heterocycles. The van der Waals surface area contributed by atoms with Crippen LogP contribution in [0.25, 0.3) is 0 Å². The van der Waals surface area contributed by atoms with E-state index in [9.17, 15) is 0 Å². The van der Waals surface area contributed by atoms with Crippen LogP contribution < -0.4 is 0 Å². The maximum atomic E-state index is 4.30. The molecule has 1 aromatic heterocycles. The van der Waals surface area contributed by atoms with E-state index in [0.717, 1.165) is 0 Å². The second-order valence-corrected chi connectivity index (χ2v) is 4.00. The van der Waals surface area contributed by atoms with E-state index >= 15 is 0 Å². The van der Waals surface area contributed by atoms with E-state index in [1.165, 1.54) is 11.3 Å². The van der Waals surface area contributed by atoms with Crippen LogP contribution in [0.3, 0.4) is 0 Å². The smallest absolute Gasteiger partial charge is 0.0546 e. The van der Waals surface area contributed by atoms with Gasteiger partial charge in [-0.05, 0) is 40.2 Å². The van der Waals surface area contributed by atoms with Gasteiger partial charge < -0.3 is 0 Å². The summed E-state index contributed by atoms with van der Waals surface area (Å²) in [5.74, 6) is 0. The fourth-order valence-electron chi connectivity index (χ4n) is 1.17. The molecule has 0 aromatic carbocycles. The summed E-state index contributed by atoms with van der Waals surface area (Å²) < 4.78 is 2.06. The molecule has 0 atom stereocenters. The third-order valence-electron chi connectivity index (χ3n) is 1.89. The normalized spacial score (nSPS) is 12.1. The van der Waals surface area contributed by atoms with Crippen molar-refractivity contribution in [1.82, 2.24) is 9.78 Å². The largest absolute Gasteiger partial charge is 0.264 e. The number of hydrogen-bond acceptors (Lipinski definition) is 1. The van der Waals surface area contributed by atoms with Gasteiger partial charge in [-0.3, -0.25) is 4.68 Å². The Hall–Kier alpha value is -0.790. The molecular weight excluding hydrogens is 136 g/mol. The van der Waals surface area contributed by atoms with Gasteiger partial charge in [-0.25, -0.2) is 0 Å². The average molecular weight is 152 g/mol. The van der Waals surface area contributed by atoms with Gasteiger partial charge in [-0.15, -0.1) is 0 Å². The second kappa shape index (κ2) is 2.36. The van der Waals surface area contributed by atoms with Gasteiger partial charge in [0, 0.05) is 5.69 Å². The molecule has 0 radical (unpaired) electrons. The highest BCUT2D eigenvalue weighted by atomic mass is 15.3. The molecule has 0 bridgehead atoms. The average Bonchev–Trinajstić information content (AvgIpc) is 2.11. The molecule has 11 heavy (non-hydrogen) atoms. The molecule has 0 N–H and O–H groups in total. The van der Waals surface area contributed by atoms with Crippen molar-refractivity contribution in [2.45, 2.75) is 40.2 Å². The molecule has 0 saturated heterocycles. The Balaban J connectivity index is 3.15. The summed E-state index contributed by atoms with van der Waals surface area (Å²) >= 11 is 0. The Morgan fingerprint density at radius 1 is 1.27 bits per heavy atom. The lowest BCUT2D eigenvalue weighted by Gasteiger charge is -2.21. The van der Waals surface area contributed by atoms with Crippen LogP contribution in [0.2, 0.25) is 0 Å². The van der Waals surface area contributed by atoms with Crippen LogP contribution in [0.5, 0.6) is 0 Å². The highest BCUT2D eigenvalue weighted by Gasteiger charge is 2.16. The summed E-state index contributed by atoms with van der Waals surface area (Å²) in [6.45, 7) is 10.7. The lowest BCUT2D eigenvalue weighted by molar-refractivity contribution is 0.347. The zero-order valence-electron chi connectivity index (χ0n) is 7.97. The molecular formula is C9H16N2. The van der Waals surface area contributed by atoms with Gasteiger partial charge in [0.25, 0.3) is 0 Å². The first kappa shape index (κ1) is 8.31. The van der Waals surface area contributed by atoms with Gasteiger partial charge in [0.15, 0.2) is 0 Å². The monoisotopic (exact) mass is 152 g/mol. The van der Waals surface area contributed by atoms with Crippen LogP contribution in [0.1, 0.15) is 32.0 Å². The summed E-state index contributed by atoms with van der Waals surface area (Å²) in [4.78, 5) is 0. The summed E-state index contributed by atoms with van der Waals surface area (Å²) in [5.41, 5.74) is 2.63. The zero-order chi connectivity index (χ0) is 8.65. The first-order chi connectivity index (χ1) is 4.93. The molecule has 0 amide bonds. The Kier molecular flexibility index (Phi) is 1.78. The van der Waals surface area contributed by atoms with E-state index in [1.807, 2.05) is 6.20 Å². The molecule has 1 rings (SSSR count). The standard InChI is InChI=1S/C9H16N2/c1-7-6-10-11(8(7)2)9(3,4)5/h6H,1-5H3. The second-order valence-electron chi connectivity index (χ2n) is 4.00. The Morgan fingerprint density at radius 2 is 1.82 bits per heavy atom. The predicted octanol–water partition coefficient (Wildman–Crippen LogP) is 2.25. The maximum absolute atomic E-state index is 4.30. The zero-order valence-corrected chi connectivity index (χ0v) is 7.97. The third kappa shape index (κ3) is 1.44. The van der Waals surface area contributed by atoms with E-state index in [2.05, 4.69) is 44.4 Å². The minimum Gasteiger partial charge on any atom is -0.264 e. The van der Waals surface area contributed by atoms with Gasteiger partial charge >= 0.3 is 0 Å². The lowest BCUT2D eigenvalue weighted by atomic mass is 10.1. The highest BCUT2D eigenvalue weighted by Crippen LogP contribution is 2.16. The SMILES string of the molecule is Cc1cnn(C(C)(C)C)c1C. The molecule has 2 nitrogen and oxygen atoms in total. The van der Waals surface area contributed by atoms with Crippen molar-refractivity contribution in [3.05, 3.63) is 17.5 Å². The molecule has 0 unspecified atom stereocenters. The predicted molar refractivity (Wildman–Crippen MR) is 46.7 cm³/mol. The van der Waals surface area contributed by atoms with Crippen molar-refractivity contribution >= 4 is 0 Å². The Labute approximate surface area is 68.2 Å². The third-order valence-corrected chi connectivity index (χ3v) is 1.89. The number of aromatic nitrogens is 2.